The van der Waals surface area contributed by atoms with E-state index in [-0.39, 0.29) is 6.04 Å². The molecule has 0 aliphatic rings. The van der Waals surface area contributed by atoms with Crippen LogP contribution in [-0.2, 0) is 5.75 Å². The van der Waals surface area contributed by atoms with Gasteiger partial charge in [0.05, 0.1) is 5.75 Å². The molecule has 0 spiro atoms. The number of nitrogens with two attached hydrogens (primary N) is 1. The van der Waals surface area contributed by atoms with Crippen molar-refractivity contribution in [3.05, 3.63) is 35.7 Å². The van der Waals surface area contributed by atoms with Crippen LogP contribution >= 0.6 is 11.8 Å². The van der Waals surface area contributed by atoms with Crippen LogP contribution in [0.1, 0.15) is 18.3 Å². The van der Waals surface area contributed by atoms with Crippen LogP contribution in [-0.4, -0.2) is 21.9 Å². The Labute approximate surface area is 111 Å². The number of aromatic nitrogens is 2. The Kier molecular flexibility index (Phi) is 4.38. The highest BCUT2D eigenvalue weighted by Gasteiger charge is 2.08. The van der Waals surface area contributed by atoms with Gasteiger partial charge in [-0.15, -0.1) is 0 Å². The third kappa shape index (κ3) is 3.58. The lowest BCUT2D eigenvalue weighted by atomic mass is 10.1. The molecule has 2 aromatic rings. The molecule has 2 rings (SSSR count). The van der Waals surface area contributed by atoms with E-state index in [1.807, 2.05) is 38.1 Å². The van der Waals surface area contributed by atoms with Gasteiger partial charge in [-0.3, -0.25) is 0 Å². The fourth-order valence-corrected chi connectivity index (χ4v) is 2.25. The van der Waals surface area contributed by atoms with E-state index in [4.69, 9.17) is 10.3 Å². The van der Waals surface area contributed by atoms with Gasteiger partial charge in [0.25, 0.3) is 5.89 Å². The zero-order valence-electron chi connectivity index (χ0n) is 10.6. The van der Waals surface area contributed by atoms with Gasteiger partial charge in [-0.05, 0) is 26.0 Å². The SMILES string of the molecule is Cc1ccc(-c2nc(CSCC(C)N)no2)cc1. The average molecular weight is 263 g/mol. The van der Waals surface area contributed by atoms with Crippen LogP contribution in [0, 0.1) is 6.92 Å². The van der Waals surface area contributed by atoms with Crippen molar-refractivity contribution in [1.82, 2.24) is 10.1 Å². The Hall–Kier alpha value is -1.33. The molecule has 1 aromatic heterocycles. The summed E-state index contributed by atoms with van der Waals surface area (Å²) in [4.78, 5) is 4.37. The van der Waals surface area contributed by atoms with E-state index < -0.39 is 0 Å². The van der Waals surface area contributed by atoms with E-state index in [0.29, 0.717) is 5.89 Å². The predicted molar refractivity (Wildman–Crippen MR) is 74.3 cm³/mol. The third-order valence-corrected chi connectivity index (χ3v) is 3.60. The number of aryl methyl sites for hydroxylation is 1. The lowest BCUT2D eigenvalue weighted by Gasteiger charge is -2.01. The van der Waals surface area contributed by atoms with Crippen molar-refractivity contribution in [3.8, 4) is 11.5 Å². The summed E-state index contributed by atoms with van der Waals surface area (Å²) >= 11 is 1.72. The molecule has 1 unspecified atom stereocenters. The molecule has 5 heteroatoms. The first-order chi connectivity index (χ1) is 8.65. The zero-order chi connectivity index (χ0) is 13.0. The summed E-state index contributed by atoms with van der Waals surface area (Å²) in [5.41, 5.74) is 7.85. The summed E-state index contributed by atoms with van der Waals surface area (Å²) < 4.78 is 5.24. The Morgan fingerprint density at radius 2 is 2.06 bits per heavy atom. The lowest BCUT2D eigenvalue weighted by Crippen LogP contribution is -2.17. The molecule has 1 atom stereocenters. The molecule has 96 valence electrons. The van der Waals surface area contributed by atoms with Crippen LogP contribution in [0.3, 0.4) is 0 Å². The minimum atomic E-state index is 0.193. The number of benzene rings is 1. The summed E-state index contributed by atoms with van der Waals surface area (Å²) in [5.74, 6) is 2.92. The van der Waals surface area contributed by atoms with Crippen molar-refractivity contribution in [2.45, 2.75) is 25.6 Å². The van der Waals surface area contributed by atoms with E-state index in [9.17, 15) is 0 Å². The Morgan fingerprint density at radius 1 is 1.33 bits per heavy atom. The van der Waals surface area contributed by atoms with Crippen molar-refractivity contribution < 1.29 is 4.52 Å². The van der Waals surface area contributed by atoms with Gasteiger partial charge in [0.2, 0.25) is 0 Å². The van der Waals surface area contributed by atoms with Crippen molar-refractivity contribution >= 4 is 11.8 Å². The molecule has 0 saturated heterocycles. The van der Waals surface area contributed by atoms with E-state index in [0.717, 1.165) is 22.9 Å². The first-order valence-corrected chi connectivity index (χ1v) is 7.03. The molecule has 0 aliphatic carbocycles. The van der Waals surface area contributed by atoms with Crippen LogP contribution in [0.2, 0.25) is 0 Å². The molecule has 4 nitrogen and oxygen atoms in total. The molecule has 0 radical (unpaired) electrons. The normalized spacial score (nSPS) is 12.6. The molecule has 0 bridgehead atoms. The maximum atomic E-state index is 5.68. The average Bonchev–Trinajstić information content (AvgIpc) is 2.78. The van der Waals surface area contributed by atoms with Crippen molar-refractivity contribution in [1.29, 1.82) is 0 Å². The quantitative estimate of drug-likeness (QED) is 0.898. The molecule has 0 fully saturated rings. The summed E-state index contributed by atoms with van der Waals surface area (Å²) in [6, 6.07) is 8.23. The summed E-state index contributed by atoms with van der Waals surface area (Å²) in [7, 11) is 0. The van der Waals surface area contributed by atoms with Gasteiger partial charge >= 0.3 is 0 Å². The highest BCUT2D eigenvalue weighted by Crippen LogP contribution is 2.19. The molecular weight excluding hydrogens is 246 g/mol. The fraction of sp³-hybridized carbons (Fsp3) is 0.385. The Morgan fingerprint density at radius 3 is 2.72 bits per heavy atom. The summed E-state index contributed by atoms with van der Waals surface area (Å²) in [6.45, 7) is 4.04. The maximum Gasteiger partial charge on any atom is 0.257 e. The second-order valence-electron chi connectivity index (χ2n) is 4.37. The maximum absolute atomic E-state index is 5.68. The molecule has 1 aromatic carbocycles. The van der Waals surface area contributed by atoms with Crippen molar-refractivity contribution in [2.75, 3.05) is 5.75 Å². The van der Waals surface area contributed by atoms with Crippen LogP contribution in [0.4, 0.5) is 0 Å². The summed E-state index contributed by atoms with van der Waals surface area (Å²) in [6.07, 6.45) is 0. The monoisotopic (exact) mass is 263 g/mol. The van der Waals surface area contributed by atoms with Crippen molar-refractivity contribution in [3.63, 3.8) is 0 Å². The summed E-state index contributed by atoms with van der Waals surface area (Å²) in [5, 5.41) is 3.96. The first-order valence-electron chi connectivity index (χ1n) is 5.88. The Balaban J connectivity index is 1.99. The highest BCUT2D eigenvalue weighted by molar-refractivity contribution is 7.98. The first kappa shape index (κ1) is 13.1. The second-order valence-corrected chi connectivity index (χ2v) is 5.40. The predicted octanol–water partition coefficient (Wildman–Crippen LogP) is 2.63. The van der Waals surface area contributed by atoms with Crippen LogP contribution < -0.4 is 5.73 Å². The molecular formula is C13H17N3OS. The van der Waals surface area contributed by atoms with Crippen LogP contribution in [0.5, 0.6) is 0 Å². The fourth-order valence-electron chi connectivity index (χ4n) is 1.46. The number of nitrogens with zero attached hydrogens (tertiary/aromatic N) is 2. The molecule has 0 saturated carbocycles. The lowest BCUT2D eigenvalue weighted by molar-refractivity contribution is 0.425. The topological polar surface area (TPSA) is 64.9 Å². The number of hydrogen-bond donors (Lipinski definition) is 1. The van der Waals surface area contributed by atoms with Crippen LogP contribution in [0.25, 0.3) is 11.5 Å². The van der Waals surface area contributed by atoms with Crippen molar-refractivity contribution in [2.24, 2.45) is 5.73 Å². The second kappa shape index (κ2) is 6.02. The number of thioether (sulfide) groups is 1. The molecule has 0 amide bonds. The highest BCUT2D eigenvalue weighted by atomic mass is 32.2. The molecule has 2 N–H and O–H groups in total. The van der Waals surface area contributed by atoms with Gasteiger partial charge in [-0.25, -0.2) is 0 Å². The zero-order valence-corrected chi connectivity index (χ0v) is 11.4. The van der Waals surface area contributed by atoms with Gasteiger partial charge < -0.3 is 10.3 Å². The van der Waals surface area contributed by atoms with Gasteiger partial charge in [0, 0.05) is 17.4 Å². The van der Waals surface area contributed by atoms with Gasteiger partial charge in [0.1, 0.15) is 0 Å². The van der Waals surface area contributed by atoms with E-state index in [2.05, 4.69) is 10.1 Å². The van der Waals surface area contributed by atoms with E-state index in [1.165, 1.54) is 5.56 Å². The largest absolute Gasteiger partial charge is 0.334 e. The Bertz CT molecular complexity index is 493. The van der Waals surface area contributed by atoms with Gasteiger partial charge in [-0.1, -0.05) is 22.9 Å². The third-order valence-electron chi connectivity index (χ3n) is 2.38. The van der Waals surface area contributed by atoms with E-state index in [1.54, 1.807) is 11.8 Å². The van der Waals surface area contributed by atoms with Gasteiger partial charge in [0.15, 0.2) is 5.82 Å². The smallest absolute Gasteiger partial charge is 0.257 e. The molecule has 18 heavy (non-hydrogen) atoms. The minimum Gasteiger partial charge on any atom is -0.334 e. The number of rotatable bonds is 5. The molecule has 1 heterocycles. The molecule has 0 aliphatic heterocycles. The van der Waals surface area contributed by atoms with Crippen LogP contribution in [0.15, 0.2) is 28.8 Å². The van der Waals surface area contributed by atoms with Gasteiger partial charge in [-0.2, -0.15) is 16.7 Å². The van der Waals surface area contributed by atoms with E-state index >= 15 is 0 Å². The number of hydrogen-bond acceptors (Lipinski definition) is 5. The standard InChI is InChI=1S/C13H17N3OS/c1-9-3-5-11(6-4-9)13-15-12(16-17-13)8-18-7-10(2)14/h3-6,10H,7-8,14H2,1-2H3. The minimum absolute atomic E-state index is 0.193.